The van der Waals surface area contributed by atoms with Gasteiger partial charge in [0.25, 0.3) is 5.56 Å². The van der Waals surface area contributed by atoms with Gasteiger partial charge in [-0.2, -0.15) is 0 Å². The van der Waals surface area contributed by atoms with Crippen molar-refractivity contribution in [3.8, 4) is 17.1 Å². The first-order valence-corrected chi connectivity index (χ1v) is 8.56. The summed E-state index contributed by atoms with van der Waals surface area (Å²) in [6, 6.07) is 25.2. The quantitative estimate of drug-likeness (QED) is 0.591. The molecule has 0 bridgehead atoms. The summed E-state index contributed by atoms with van der Waals surface area (Å²) in [6.45, 7) is 0.592. The standard InChI is InChI=1S/C22H18N2O2/c25-22-19-11-4-5-12-20(19)23-21(24-22)17-9-6-10-18(15-17)26-14-13-16-7-2-1-3-8-16/h1-12,15H,13-14H2,(H,23,24,25). The van der Waals surface area contributed by atoms with Gasteiger partial charge in [0, 0.05) is 12.0 Å². The molecule has 4 aromatic rings. The second kappa shape index (κ2) is 7.23. The Labute approximate surface area is 151 Å². The van der Waals surface area contributed by atoms with E-state index in [9.17, 15) is 4.79 Å². The molecular formula is C22H18N2O2. The van der Waals surface area contributed by atoms with Crippen LogP contribution in [0.5, 0.6) is 5.75 Å². The number of aromatic nitrogens is 2. The van der Waals surface area contributed by atoms with E-state index in [1.54, 1.807) is 6.07 Å². The lowest BCUT2D eigenvalue weighted by atomic mass is 10.1. The Hall–Kier alpha value is -3.40. The van der Waals surface area contributed by atoms with Gasteiger partial charge >= 0.3 is 0 Å². The van der Waals surface area contributed by atoms with Crippen LogP contribution < -0.4 is 10.3 Å². The van der Waals surface area contributed by atoms with Crippen LogP contribution in [-0.4, -0.2) is 16.6 Å². The summed E-state index contributed by atoms with van der Waals surface area (Å²) >= 11 is 0. The highest BCUT2D eigenvalue weighted by molar-refractivity contribution is 5.79. The molecule has 3 aromatic carbocycles. The average molecular weight is 342 g/mol. The predicted octanol–water partition coefficient (Wildman–Crippen LogP) is 4.21. The molecule has 0 aliphatic rings. The van der Waals surface area contributed by atoms with Crippen molar-refractivity contribution in [1.82, 2.24) is 9.97 Å². The van der Waals surface area contributed by atoms with Crippen LogP contribution in [0.2, 0.25) is 0 Å². The zero-order valence-electron chi connectivity index (χ0n) is 14.2. The number of para-hydroxylation sites is 1. The van der Waals surface area contributed by atoms with E-state index in [1.165, 1.54) is 5.56 Å². The molecule has 0 spiro atoms. The molecule has 4 nitrogen and oxygen atoms in total. The smallest absolute Gasteiger partial charge is 0.259 e. The van der Waals surface area contributed by atoms with Crippen LogP contribution in [0.15, 0.2) is 83.7 Å². The van der Waals surface area contributed by atoms with E-state index in [4.69, 9.17) is 4.74 Å². The molecule has 0 fully saturated rings. The van der Waals surface area contributed by atoms with Crippen molar-refractivity contribution >= 4 is 10.9 Å². The maximum atomic E-state index is 12.3. The summed E-state index contributed by atoms with van der Waals surface area (Å²) in [5.41, 5.74) is 2.61. The molecule has 0 aliphatic carbocycles. The summed E-state index contributed by atoms with van der Waals surface area (Å²) in [5.74, 6) is 1.30. The zero-order chi connectivity index (χ0) is 17.8. The van der Waals surface area contributed by atoms with Crippen LogP contribution >= 0.6 is 0 Å². The molecule has 0 saturated heterocycles. The summed E-state index contributed by atoms with van der Waals surface area (Å²) in [5, 5.41) is 0.589. The van der Waals surface area contributed by atoms with Gasteiger partial charge in [0.1, 0.15) is 11.6 Å². The number of hydrogen-bond donors (Lipinski definition) is 1. The third kappa shape index (κ3) is 3.49. The molecule has 0 atom stereocenters. The van der Waals surface area contributed by atoms with E-state index in [0.717, 1.165) is 17.7 Å². The van der Waals surface area contributed by atoms with Gasteiger partial charge in [-0.15, -0.1) is 0 Å². The lowest BCUT2D eigenvalue weighted by Crippen LogP contribution is -2.09. The van der Waals surface area contributed by atoms with Crippen molar-refractivity contribution in [3.63, 3.8) is 0 Å². The molecular weight excluding hydrogens is 324 g/mol. The molecule has 0 radical (unpaired) electrons. The molecule has 26 heavy (non-hydrogen) atoms. The molecule has 128 valence electrons. The molecule has 0 saturated carbocycles. The molecule has 0 unspecified atom stereocenters. The molecule has 1 aromatic heterocycles. The maximum Gasteiger partial charge on any atom is 0.259 e. The van der Waals surface area contributed by atoms with Crippen LogP contribution in [0.25, 0.3) is 22.3 Å². The van der Waals surface area contributed by atoms with Gasteiger partial charge < -0.3 is 9.72 Å². The minimum absolute atomic E-state index is 0.138. The number of H-pyrrole nitrogens is 1. The minimum Gasteiger partial charge on any atom is -0.493 e. The van der Waals surface area contributed by atoms with Gasteiger partial charge in [-0.05, 0) is 29.8 Å². The van der Waals surface area contributed by atoms with Crippen LogP contribution in [0, 0.1) is 0 Å². The first-order chi connectivity index (χ1) is 12.8. The van der Waals surface area contributed by atoms with Crippen molar-refractivity contribution in [1.29, 1.82) is 0 Å². The number of fused-ring (bicyclic) bond motifs is 1. The van der Waals surface area contributed by atoms with Crippen molar-refractivity contribution < 1.29 is 4.74 Å². The summed E-state index contributed by atoms with van der Waals surface area (Å²) < 4.78 is 5.87. The molecule has 0 aliphatic heterocycles. The number of ether oxygens (including phenoxy) is 1. The fourth-order valence-electron chi connectivity index (χ4n) is 2.89. The Kier molecular flexibility index (Phi) is 4.48. The Morgan fingerprint density at radius 1 is 0.885 bits per heavy atom. The molecule has 1 N–H and O–H groups in total. The Balaban J connectivity index is 1.55. The fraction of sp³-hybridized carbons (Fsp3) is 0.0909. The summed E-state index contributed by atoms with van der Waals surface area (Å²) in [4.78, 5) is 19.7. The predicted molar refractivity (Wildman–Crippen MR) is 103 cm³/mol. The van der Waals surface area contributed by atoms with Crippen LogP contribution in [-0.2, 0) is 6.42 Å². The van der Waals surface area contributed by atoms with Gasteiger partial charge in [0.05, 0.1) is 17.5 Å². The highest BCUT2D eigenvalue weighted by atomic mass is 16.5. The third-order valence-corrected chi connectivity index (χ3v) is 4.22. The van der Waals surface area contributed by atoms with Crippen LogP contribution in [0.1, 0.15) is 5.56 Å². The molecule has 0 amide bonds. The van der Waals surface area contributed by atoms with E-state index in [0.29, 0.717) is 23.3 Å². The van der Waals surface area contributed by atoms with E-state index < -0.39 is 0 Å². The van der Waals surface area contributed by atoms with Gasteiger partial charge in [-0.3, -0.25) is 4.79 Å². The zero-order valence-corrected chi connectivity index (χ0v) is 14.2. The average Bonchev–Trinajstić information content (AvgIpc) is 2.69. The highest BCUT2D eigenvalue weighted by Gasteiger charge is 2.06. The second-order valence-corrected chi connectivity index (χ2v) is 6.04. The van der Waals surface area contributed by atoms with Gasteiger partial charge in [-0.1, -0.05) is 54.6 Å². The van der Waals surface area contributed by atoms with Crippen molar-refractivity contribution in [3.05, 3.63) is 94.8 Å². The number of aromatic amines is 1. The lowest BCUT2D eigenvalue weighted by Gasteiger charge is -2.08. The minimum atomic E-state index is -0.138. The Bertz CT molecular complexity index is 1090. The fourth-order valence-corrected chi connectivity index (χ4v) is 2.89. The van der Waals surface area contributed by atoms with Crippen molar-refractivity contribution in [2.45, 2.75) is 6.42 Å². The summed E-state index contributed by atoms with van der Waals surface area (Å²) in [6.07, 6.45) is 0.843. The normalized spacial score (nSPS) is 10.8. The van der Waals surface area contributed by atoms with Gasteiger partial charge in [0.15, 0.2) is 0 Å². The molecule has 4 rings (SSSR count). The largest absolute Gasteiger partial charge is 0.493 e. The first-order valence-electron chi connectivity index (χ1n) is 8.56. The number of rotatable bonds is 5. The second-order valence-electron chi connectivity index (χ2n) is 6.04. The SMILES string of the molecule is O=c1[nH]c(-c2cccc(OCCc3ccccc3)c2)nc2ccccc12. The van der Waals surface area contributed by atoms with Crippen LogP contribution in [0.3, 0.4) is 0 Å². The first kappa shape index (κ1) is 16.1. The van der Waals surface area contributed by atoms with E-state index in [-0.39, 0.29) is 5.56 Å². The Morgan fingerprint density at radius 3 is 2.58 bits per heavy atom. The lowest BCUT2D eigenvalue weighted by molar-refractivity contribution is 0.322. The number of hydrogen-bond acceptors (Lipinski definition) is 3. The van der Waals surface area contributed by atoms with E-state index in [2.05, 4.69) is 22.1 Å². The van der Waals surface area contributed by atoms with Gasteiger partial charge in [-0.25, -0.2) is 4.98 Å². The molecule has 1 heterocycles. The number of nitrogens with zero attached hydrogens (tertiary/aromatic N) is 1. The highest BCUT2D eigenvalue weighted by Crippen LogP contribution is 2.21. The monoisotopic (exact) mass is 342 g/mol. The van der Waals surface area contributed by atoms with E-state index >= 15 is 0 Å². The van der Waals surface area contributed by atoms with E-state index in [1.807, 2.05) is 60.7 Å². The van der Waals surface area contributed by atoms with Crippen molar-refractivity contribution in [2.75, 3.05) is 6.61 Å². The third-order valence-electron chi connectivity index (χ3n) is 4.22. The number of benzene rings is 3. The van der Waals surface area contributed by atoms with Crippen molar-refractivity contribution in [2.24, 2.45) is 0 Å². The Morgan fingerprint density at radius 2 is 1.69 bits per heavy atom. The molecule has 4 heteroatoms. The number of nitrogens with one attached hydrogen (secondary N) is 1. The topological polar surface area (TPSA) is 55.0 Å². The maximum absolute atomic E-state index is 12.3. The van der Waals surface area contributed by atoms with Gasteiger partial charge in [0.2, 0.25) is 0 Å². The van der Waals surface area contributed by atoms with Crippen LogP contribution in [0.4, 0.5) is 0 Å². The summed E-state index contributed by atoms with van der Waals surface area (Å²) in [7, 11) is 0.